The van der Waals surface area contributed by atoms with Gasteiger partial charge in [0.25, 0.3) is 0 Å². The van der Waals surface area contributed by atoms with E-state index in [9.17, 15) is 19.5 Å². The van der Waals surface area contributed by atoms with Crippen molar-refractivity contribution in [3.8, 4) is 5.75 Å². The zero-order valence-electron chi connectivity index (χ0n) is 22.5. The second-order valence-corrected chi connectivity index (χ2v) is 11.8. The lowest BCUT2D eigenvalue weighted by atomic mass is 10.1. The van der Waals surface area contributed by atoms with Crippen molar-refractivity contribution in [3.05, 3.63) is 58.1 Å². The zero-order chi connectivity index (χ0) is 28.8. The van der Waals surface area contributed by atoms with Crippen LogP contribution in [0.1, 0.15) is 24.2 Å². The van der Waals surface area contributed by atoms with Crippen LogP contribution in [0.25, 0.3) is 21.1 Å². The van der Waals surface area contributed by atoms with E-state index < -0.39 is 17.2 Å². The third-order valence-electron chi connectivity index (χ3n) is 7.40. The van der Waals surface area contributed by atoms with Gasteiger partial charge in [0, 0.05) is 44.3 Å². The summed E-state index contributed by atoms with van der Waals surface area (Å²) < 4.78 is 23.6. The summed E-state index contributed by atoms with van der Waals surface area (Å²) in [5, 5.41) is 10.1. The standard InChI is InChI=1S/C28H28FN5O5S2/c1-3-31-14-18(26(37)38)25(36)17-12-19(29)22(13-21(17)31)32-7-9-33(10-8-32)28-34(24(35)15-40-28)27-30-20-6-5-16(39-4-2)11-23(20)41-27/h5-6,11-14,28H,3-4,7-10,15H2,1-2H3,(H,37,38). The maximum atomic E-state index is 15.3. The first-order chi connectivity index (χ1) is 19.8. The molecular formula is C28H28FN5O5S2. The molecule has 1 N–H and O–H groups in total. The summed E-state index contributed by atoms with van der Waals surface area (Å²) in [5.74, 6) is -0.772. The van der Waals surface area contributed by atoms with Crippen molar-refractivity contribution in [2.24, 2.45) is 0 Å². The number of amides is 1. The summed E-state index contributed by atoms with van der Waals surface area (Å²) in [6.07, 6.45) is 1.31. The van der Waals surface area contributed by atoms with E-state index in [1.807, 2.05) is 36.9 Å². The number of hydrogen-bond acceptors (Lipinski definition) is 9. The van der Waals surface area contributed by atoms with Crippen LogP contribution < -0.4 is 20.0 Å². The van der Waals surface area contributed by atoms with Gasteiger partial charge in [-0.05, 0) is 44.2 Å². The lowest BCUT2D eigenvalue weighted by molar-refractivity contribution is -0.116. The van der Waals surface area contributed by atoms with Crippen LogP contribution in [0.15, 0.2) is 41.3 Å². The van der Waals surface area contributed by atoms with Crippen LogP contribution in [0.3, 0.4) is 0 Å². The number of rotatable bonds is 7. The molecule has 4 heterocycles. The molecule has 2 fully saturated rings. The second kappa shape index (κ2) is 11.0. The number of carboxylic acid groups (broad SMARTS) is 1. The average Bonchev–Trinajstić information content (AvgIpc) is 3.56. The molecule has 0 aliphatic carbocycles. The molecule has 2 aromatic heterocycles. The summed E-state index contributed by atoms with van der Waals surface area (Å²) in [4.78, 5) is 47.9. The minimum absolute atomic E-state index is 0.00496. The number of aromatic nitrogens is 2. The zero-order valence-corrected chi connectivity index (χ0v) is 24.1. The van der Waals surface area contributed by atoms with Gasteiger partial charge in [-0.3, -0.25) is 19.4 Å². The maximum Gasteiger partial charge on any atom is 0.341 e. The van der Waals surface area contributed by atoms with Gasteiger partial charge < -0.3 is 19.3 Å². The Morgan fingerprint density at radius 1 is 1.15 bits per heavy atom. The fraction of sp³-hybridized carbons (Fsp3) is 0.357. The number of thiazole rings is 1. The molecule has 0 saturated carbocycles. The van der Waals surface area contributed by atoms with Crippen LogP contribution in [0.4, 0.5) is 15.2 Å². The van der Waals surface area contributed by atoms with E-state index in [2.05, 4.69) is 4.90 Å². The lowest BCUT2D eigenvalue weighted by Gasteiger charge is -2.40. The highest BCUT2D eigenvalue weighted by atomic mass is 32.2. The number of pyridine rings is 1. The Kier molecular flexibility index (Phi) is 7.34. The summed E-state index contributed by atoms with van der Waals surface area (Å²) in [5.41, 5.74) is 0.390. The largest absolute Gasteiger partial charge is 0.494 e. The molecule has 10 nitrogen and oxygen atoms in total. The number of carbonyl (C=O) groups is 2. The molecule has 1 amide bonds. The van der Waals surface area contributed by atoms with Gasteiger partial charge in [-0.1, -0.05) is 11.3 Å². The topological polar surface area (TPSA) is 108 Å². The number of benzene rings is 2. The molecule has 1 unspecified atom stereocenters. The van der Waals surface area contributed by atoms with E-state index in [0.29, 0.717) is 61.4 Å². The summed E-state index contributed by atoms with van der Waals surface area (Å²) in [6.45, 7) is 6.99. The Morgan fingerprint density at radius 2 is 1.93 bits per heavy atom. The predicted octanol–water partition coefficient (Wildman–Crippen LogP) is 4.05. The van der Waals surface area contributed by atoms with Crippen LogP contribution in [-0.2, 0) is 11.3 Å². The molecule has 0 bridgehead atoms. The molecule has 0 spiro atoms. The Morgan fingerprint density at radius 3 is 2.63 bits per heavy atom. The monoisotopic (exact) mass is 597 g/mol. The van der Waals surface area contributed by atoms with E-state index >= 15 is 4.39 Å². The molecule has 2 aliphatic heterocycles. The van der Waals surface area contributed by atoms with Crippen LogP contribution in [0.2, 0.25) is 0 Å². The quantitative estimate of drug-likeness (QED) is 0.338. The fourth-order valence-corrected chi connectivity index (χ4v) is 7.69. The van der Waals surface area contributed by atoms with Gasteiger partial charge in [0.05, 0.1) is 33.8 Å². The number of piperazine rings is 1. The first-order valence-corrected chi connectivity index (χ1v) is 15.2. The molecule has 6 rings (SSSR count). The van der Waals surface area contributed by atoms with E-state index in [-0.39, 0.29) is 22.4 Å². The molecule has 214 valence electrons. The van der Waals surface area contributed by atoms with E-state index in [1.165, 1.54) is 17.5 Å². The molecule has 1 atom stereocenters. The van der Waals surface area contributed by atoms with Gasteiger partial charge in [0.15, 0.2) is 5.13 Å². The van der Waals surface area contributed by atoms with Crippen molar-refractivity contribution >= 4 is 66.9 Å². The first-order valence-electron chi connectivity index (χ1n) is 13.3. The molecule has 41 heavy (non-hydrogen) atoms. The summed E-state index contributed by atoms with van der Waals surface area (Å²) >= 11 is 3.02. The smallest absolute Gasteiger partial charge is 0.341 e. The average molecular weight is 598 g/mol. The van der Waals surface area contributed by atoms with Gasteiger partial charge in [-0.25, -0.2) is 14.2 Å². The number of carbonyl (C=O) groups excluding carboxylic acids is 1. The van der Waals surface area contributed by atoms with Gasteiger partial charge >= 0.3 is 5.97 Å². The van der Waals surface area contributed by atoms with Crippen molar-refractivity contribution in [2.75, 3.05) is 48.3 Å². The number of aromatic carboxylic acids is 1. The van der Waals surface area contributed by atoms with E-state index in [4.69, 9.17) is 9.72 Å². The van der Waals surface area contributed by atoms with Gasteiger partial charge in [0.2, 0.25) is 11.3 Å². The minimum atomic E-state index is -1.34. The number of anilines is 2. The number of hydrogen-bond donors (Lipinski definition) is 1. The molecule has 2 aromatic carbocycles. The highest BCUT2D eigenvalue weighted by Gasteiger charge is 2.40. The third kappa shape index (κ3) is 4.91. The van der Waals surface area contributed by atoms with Crippen molar-refractivity contribution in [3.63, 3.8) is 0 Å². The normalized spacial score (nSPS) is 18.1. The Hall–Kier alpha value is -3.68. The van der Waals surface area contributed by atoms with Gasteiger partial charge in [0.1, 0.15) is 22.6 Å². The molecule has 13 heteroatoms. The lowest BCUT2D eigenvalue weighted by Crippen LogP contribution is -2.54. The first kappa shape index (κ1) is 27.5. The molecule has 4 aromatic rings. The molecule has 2 saturated heterocycles. The Bertz CT molecular complexity index is 1730. The number of aryl methyl sites for hydroxylation is 1. The molecule has 2 aliphatic rings. The van der Waals surface area contributed by atoms with Crippen LogP contribution in [0, 0.1) is 5.82 Å². The Balaban J connectivity index is 1.23. The number of ether oxygens (including phenoxy) is 1. The van der Waals surface area contributed by atoms with Gasteiger partial charge in [-0.2, -0.15) is 0 Å². The maximum absolute atomic E-state index is 15.3. The molecular weight excluding hydrogens is 569 g/mol. The number of fused-ring (bicyclic) bond motifs is 2. The van der Waals surface area contributed by atoms with E-state index in [1.54, 1.807) is 27.3 Å². The van der Waals surface area contributed by atoms with Gasteiger partial charge in [-0.15, -0.1) is 11.8 Å². The van der Waals surface area contributed by atoms with Crippen molar-refractivity contribution < 1.29 is 23.8 Å². The number of thioether (sulfide) groups is 1. The van der Waals surface area contributed by atoms with Crippen molar-refractivity contribution in [2.45, 2.75) is 25.9 Å². The van der Waals surface area contributed by atoms with Crippen molar-refractivity contribution in [1.82, 2.24) is 14.5 Å². The number of carboxylic acids is 1. The minimum Gasteiger partial charge on any atom is -0.494 e. The highest BCUT2D eigenvalue weighted by molar-refractivity contribution is 8.01. The number of halogens is 1. The predicted molar refractivity (Wildman–Crippen MR) is 159 cm³/mol. The van der Waals surface area contributed by atoms with Crippen molar-refractivity contribution in [1.29, 1.82) is 0 Å². The highest BCUT2D eigenvalue weighted by Crippen LogP contribution is 2.39. The second-order valence-electron chi connectivity index (χ2n) is 9.77. The van der Waals surface area contributed by atoms with Crippen LogP contribution in [0.5, 0.6) is 5.75 Å². The number of nitrogens with zero attached hydrogens (tertiary/aromatic N) is 5. The Labute approximate surface area is 242 Å². The summed E-state index contributed by atoms with van der Waals surface area (Å²) in [7, 11) is 0. The third-order valence-corrected chi connectivity index (χ3v) is 9.64. The fourth-order valence-electron chi connectivity index (χ4n) is 5.37. The van der Waals surface area contributed by atoms with Crippen LogP contribution in [-0.4, -0.2) is 75.5 Å². The van der Waals surface area contributed by atoms with Crippen LogP contribution >= 0.6 is 23.1 Å². The molecule has 0 radical (unpaired) electrons. The SMILES string of the molecule is CCOc1ccc2nc(N3C(=O)CSC3N3CCN(c4cc5c(cc4F)c(=O)c(C(=O)O)cn5CC)CC3)sc2c1. The summed E-state index contributed by atoms with van der Waals surface area (Å²) in [6, 6.07) is 8.51. The van der Waals surface area contributed by atoms with E-state index in [0.717, 1.165) is 22.0 Å².